The number of ether oxygens (including phenoxy) is 1. The van der Waals surface area contributed by atoms with Gasteiger partial charge in [0, 0.05) is 44.5 Å². The van der Waals surface area contributed by atoms with Crippen LogP contribution in [0.1, 0.15) is 33.0 Å². The first-order valence-electron chi connectivity index (χ1n) is 11.9. The van der Waals surface area contributed by atoms with Crippen LogP contribution >= 0.6 is 0 Å². The van der Waals surface area contributed by atoms with Gasteiger partial charge in [0.1, 0.15) is 5.75 Å². The Morgan fingerprint density at radius 3 is 2.60 bits per heavy atom. The molecule has 7 heteroatoms. The molecule has 0 aliphatic carbocycles. The number of likely N-dealkylation sites (N-methyl/N-ethyl adjacent to an activating group) is 1. The van der Waals surface area contributed by atoms with E-state index in [1.165, 1.54) is 0 Å². The Morgan fingerprint density at radius 1 is 1.03 bits per heavy atom. The van der Waals surface area contributed by atoms with E-state index in [1.807, 2.05) is 36.4 Å². The summed E-state index contributed by atoms with van der Waals surface area (Å²) >= 11 is 0. The standard InChI is InChI=1S/C28H32N4O3/c1-32-18-25(26(19-32)28(34)30-14-12-20-8-10-24(35-2)11-9-20)22-6-3-5-21(15-22)16-31-27(33)23-7-4-13-29-17-23/h3-11,13,15,17,25-26H,12,14,16,18-19H2,1-2H3,(H,30,34)(H,31,33)/t25-,26-/m0/s1. The first-order valence-corrected chi connectivity index (χ1v) is 11.9. The lowest BCUT2D eigenvalue weighted by Crippen LogP contribution is -2.35. The number of aromatic nitrogens is 1. The molecule has 182 valence electrons. The highest BCUT2D eigenvalue weighted by Gasteiger charge is 2.36. The second-order valence-electron chi connectivity index (χ2n) is 8.99. The molecular weight excluding hydrogens is 440 g/mol. The van der Waals surface area contributed by atoms with E-state index in [0.717, 1.165) is 42.0 Å². The molecule has 1 saturated heterocycles. The number of methoxy groups -OCH3 is 1. The molecule has 1 aromatic heterocycles. The Morgan fingerprint density at radius 2 is 1.86 bits per heavy atom. The minimum atomic E-state index is -0.154. The summed E-state index contributed by atoms with van der Waals surface area (Å²) in [5, 5.41) is 6.09. The summed E-state index contributed by atoms with van der Waals surface area (Å²) < 4.78 is 5.20. The summed E-state index contributed by atoms with van der Waals surface area (Å²) in [4.78, 5) is 31.7. The molecule has 0 unspecified atom stereocenters. The Hall–Kier alpha value is -3.71. The molecule has 3 aromatic rings. The number of carbonyl (C=O) groups excluding carboxylic acids is 2. The molecule has 35 heavy (non-hydrogen) atoms. The van der Waals surface area contributed by atoms with E-state index in [9.17, 15) is 9.59 Å². The number of hydrogen-bond acceptors (Lipinski definition) is 5. The first-order chi connectivity index (χ1) is 17.0. The van der Waals surface area contributed by atoms with Crippen LogP contribution in [0.3, 0.4) is 0 Å². The molecular formula is C28H32N4O3. The van der Waals surface area contributed by atoms with Crippen LogP contribution in [0.2, 0.25) is 0 Å². The van der Waals surface area contributed by atoms with Gasteiger partial charge in [-0.3, -0.25) is 14.6 Å². The summed E-state index contributed by atoms with van der Waals surface area (Å²) in [7, 11) is 3.70. The Labute approximate surface area is 206 Å². The summed E-state index contributed by atoms with van der Waals surface area (Å²) in [6.07, 6.45) is 3.97. The largest absolute Gasteiger partial charge is 0.497 e. The topological polar surface area (TPSA) is 83.6 Å². The van der Waals surface area contributed by atoms with E-state index < -0.39 is 0 Å². The maximum atomic E-state index is 13.1. The lowest BCUT2D eigenvalue weighted by Gasteiger charge is -2.19. The molecule has 0 bridgehead atoms. The van der Waals surface area contributed by atoms with E-state index in [2.05, 4.69) is 39.7 Å². The Bertz CT molecular complexity index is 1130. The summed E-state index contributed by atoms with van der Waals surface area (Å²) in [6.45, 7) is 2.56. The zero-order chi connectivity index (χ0) is 24.6. The number of carbonyl (C=O) groups is 2. The van der Waals surface area contributed by atoms with Gasteiger partial charge in [-0.15, -0.1) is 0 Å². The predicted molar refractivity (Wildman–Crippen MR) is 135 cm³/mol. The molecule has 7 nitrogen and oxygen atoms in total. The van der Waals surface area contributed by atoms with Crippen LogP contribution in [0.5, 0.6) is 5.75 Å². The maximum absolute atomic E-state index is 13.1. The molecule has 4 rings (SSSR count). The fourth-order valence-electron chi connectivity index (χ4n) is 4.57. The average molecular weight is 473 g/mol. The molecule has 1 aliphatic rings. The molecule has 0 spiro atoms. The van der Waals surface area contributed by atoms with E-state index >= 15 is 0 Å². The zero-order valence-corrected chi connectivity index (χ0v) is 20.2. The second kappa shape index (κ2) is 11.6. The smallest absolute Gasteiger partial charge is 0.253 e. The minimum Gasteiger partial charge on any atom is -0.497 e. The van der Waals surface area contributed by atoms with Crippen LogP contribution in [0, 0.1) is 5.92 Å². The summed E-state index contributed by atoms with van der Waals surface area (Å²) in [5.41, 5.74) is 3.82. The number of pyridine rings is 1. The van der Waals surface area contributed by atoms with Crippen molar-refractivity contribution in [2.45, 2.75) is 18.9 Å². The lowest BCUT2D eigenvalue weighted by atomic mass is 9.87. The van der Waals surface area contributed by atoms with Crippen LogP contribution in [-0.4, -0.2) is 55.5 Å². The highest BCUT2D eigenvalue weighted by molar-refractivity contribution is 5.93. The van der Waals surface area contributed by atoms with Gasteiger partial charge in [-0.2, -0.15) is 0 Å². The van der Waals surface area contributed by atoms with Crippen LogP contribution in [0.15, 0.2) is 73.1 Å². The van der Waals surface area contributed by atoms with Gasteiger partial charge in [0.15, 0.2) is 0 Å². The van der Waals surface area contributed by atoms with Crippen molar-refractivity contribution >= 4 is 11.8 Å². The summed E-state index contributed by atoms with van der Waals surface area (Å²) in [6, 6.07) is 19.6. The van der Waals surface area contributed by atoms with E-state index in [-0.39, 0.29) is 23.7 Å². The highest BCUT2D eigenvalue weighted by atomic mass is 16.5. The van der Waals surface area contributed by atoms with Crippen molar-refractivity contribution < 1.29 is 14.3 Å². The van der Waals surface area contributed by atoms with Crippen molar-refractivity contribution in [2.24, 2.45) is 5.92 Å². The van der Waals surface area contributed by atoms with Crippen molar-refractivity contribution in [3.05, 3.63) is 95.3 Å². The fourth-order valence-corrected chi connectivity index (χ4v) is 4.57. The van der Waals surface area contributed by atoms with Gasteiger partial charge >= 0.3 is 0 Å². The third-order valence-electron chi connectivity index (χ3n) is 6.47. The lowest BCUT2D eigenvalue weighted by molar-refractivity contribution is -0.124. The quantitative estimate of drug-likeness (QED) is 0.500. The number of rotatable bonds is 9. The van der Waals surface area contributed by atoms with Gasteiger partial charge in [0.05, 0.1) is 18.6 Å². The van der Waals surface area contributed by atoms with Crippen molar-refractivity contribution in [3.8, 4) is 5.75 Å². The van der Waals surface area contributed by atoms with Gasteiger partial charge < -0.3 is 20.3 Å². The van der Waals surface area contributed by atoms with Gasteiger partial charge in [-0.1, -0.05) is 36.4 Å². The number of likely N-dealkylation sites (tertiary alicyclic amines) is 1. The third kappa shape index (κ3) is 6.45. The molecule has 2 atom stereocenters. The van der Waals surface area contributed by atoms with E-state index in [0.29, 0.717) is 18.7 Å². The third-order valence-corrected chi connectivity index (χ3v) is 6.47. The Balaban J connectivity index is 1.35. The molecule has 2 heterocycles. The zero-order valence-electron chi connectivity index (χ0n) is 20.2. The second-order valence-corrected chi connectivity index (χ2v) is 8.99. The number of hydrogen-bond donors (Lipinski definition) is 2. The number of nitrogens with zero attached hydrogens (tertiary/aromatic N) is 2. The molecule has 1 aliphatic heterocycles. The molecule has 1 fully saturated rings. The average Bonchev–Trinajstić information content (AvgIpc) is 3.30. The molecule has 2 aromatic carbocycles. The van der Waals surface area contributed by atoms with Crippen molar-refractivity contribution in [3.63, 3.8) is 0 Å². The van der Waals surface area contributed by atoms with Crippen LogP contribution < -0.4 is 15.4 Å². The van der Waals surface area contributed by atoms with E-state index in [4.69, 9.17) is 4.74 Å². The number of nitrogens with one attached hydrogen (secondary N) is 2. The van der Waals surface area contributed by atoms with E-state index in [1.54, 1.807) is 31.6 Å². The van der Waals surface area contributed by atoms with Crippen molar-refractivity contribution in [1.29, 1.82) is 0 Å². The number of amides is 2. The summed E-state index contributed by atoms with van der Waals surface area (Å²) in [5.74, 6) is 0.751. The van der Waals surface area contributed by atoms with Crippen LogP contribution in [0.25, 0.3) is 0 Å². The van der Waals surface area contributed by atoms with Crippen LogP contribution in [0.4, 0.5) is 0 Å². The number of benzene rings is 2. The molecule has 0 saturated carbocycles. The molecule has 2 amide bonds. The molecule has 2 N–H and O–H groups in total. The van der Waals surface area contributed by atoms with Gasteiger partial charge in [-0.25, -0.2) is 0 Å². The first kappa shape index (κ1) is 24.4. The molecule has 0 radical (unpaired) electrons. The highest BCUT2D eigenvalue weighted by Crippen LogP contribution is 2.32. The van der Waals surface area contributed by atoms with Crippen molar-refractivity contribution in [1.82, 2.24) is 20.5 Å². The fraction of sp³-hybridized carbons (Fsp3) is 0.321. The Kier molecular flexibility index (Phi) is 8.11. The van der Waals surface area contributed by atoms with Crippen LogP contribution in [-0.2, 0) is 17.8 Å². The van der Waals surface area contributed by atoms with Gasteiger partial charge in [0.2, 0.25) is 5.91 Å². The maximum Gasteiger partial charge on any atom is 0.253 e. The van der Waals surface area contributed by atoms with Gasteiger partial charge in [-0.05, 0) is 54.4 Å². The van der Waals surface area contributed by atoms with Crippen molar-refractivity contribution in [2.75, 3.05) is 33.8 Å². The SMILES string of the molecule is COc1ccc(CCNC(=O)[C@H]2CN(C)C[C@H]2c2cccc(CNC(=O)c3cccnc3)c2)cc1. The monoisotopic (exact) mass is 472 g/mol. The predicted octanol–water partition coefficient (Wildman–Crippen LogP) is 3.02. The minimum absolute atomic E-state index is 0.0862. The normalized spacial score (nSPS) is 17.7. The van der Waals surface area contributed by atoms with Gasteiger partial charge in [0.25, 0.3) is 5.91 Å².